The van der Waals surface area contributed by atoms with E-state index in [-0.39, 0.29) is 12.0 Å². The summed E-state index contributed by atoms with van der Waals surface area (Å²) < 4.78 is 5.60. The Bertz CT molecular complexity index is 481. The Morgan fingerprint density at radius 2 is 2.33 bits per heavy atom. The van der Waals surface area contributed by atoms with Crippen LogP contribution in [0, 0.1) is 6.92 Å². The molecule has 2 unspecified atom stereocenters. The van der Waals surface area contributed by atoms with E-state index in [1.165, 1.54) is 0 Å². The lowest BCUT2D eigenvalue weighted by atomic mass is 10.1. The van der Waals surface area contributed by atoms with Crippen molar-refractivity contribution in [3.63, 3.8) is 0 Å². The lowest BCUT2D eigenvalue weighted by Crippen LogP contribution is -2.37. The van der Waals surface area contributed by atoms with Gasteiger partial charge in [0.05, 0.1) is 12.6 Å². The van der Waals surface area contributed by atoms with Gasteiger partial charge in [-0.25, -0.2) is 0 Å². The van der Waals surface area contributed by atoms with Crippen LogP contribution in [0.2, 0.25) is 0 Å². The second kappa shape index (κ2) is 4.37. The third-order valence-corrected chi connectivity index (χ3v) is 3.75. The maximum atomic E-state index is 12.2. The number of nitrogens with zero attached hydrogens (tertiary/aromatic N) is 1. The molecule has 1 aromatic rings. The fourth-order valence-corrected chi connectivity index (χ4v) is 2.77. The largest absolute Gasteiger partial charge is 0.376 e. The summed E-state index contributed by atoms with van der Waals surface area (Å²) in [5, 5.41) is 0. The standard InChI is InChI=1S/C14H18N2O2/c1-9-4-5-12-11(7-9)13(15)14(17)16(12)8-10-3-2-6-18-10/h4-5,7,10,13H,2-3,6,8,15H2,1H3. The minimum atomic E-state index is -0.513. The molecule has 2 N–H and O–H groups in total. The van der Waals surface area contributed by atoms with E-state index in [1.807, 2.05) is 25.1 Å². The van der Waals surface area contributed by atoms with Gasteiger partial charge >= 0.3 is 0 Å². The highest BCUT2D eigenvalue weighted by molar-refractivity contribution is 6.04. The number of carbonyl (C=O) groups is 1. The number of hydrogen-bond acceptors (Lipinski definition) is 3. The number of carbonyl (C=O) groups excluding carboxylic acids is 1. The van der Waals surface area contributed by atoms with Crippen molar-refractivity contribution in [2.24, 2.45) is 5.73 Å². The van der Waals surface area contributed by atoms with Crippen LogP contribution in [-0.2, 0) is 9.53 Å². The van der Waals surface area contributed by atoms with E-state index in [0.717, 1.165) is 36.3 Å². The third-order valence-electron chi connectivity index (χ3n) is 3.75. The van der Waals surface area contributed by atoms with Gasteiger partial charge in [-0.1, -0.05) is 17.7 Å². The van der Waals surface area contributed by atoms with Crippen LogP contribution in [0.3, 0.4) is 0 Å². The first-order valence-corrected chi connectivity index (χ1v) is 6.46. The molecule has 96 valence electrons. The predicted octanol–water partition coefficient (Wildman–Crippen LogP) is 1.52. The zero-order chi connectivity index (χ0) is 12.7. The Morgan fingerprint density at radius 1 is 1.50 bits per heavy atom. The van der Waals surface area contributed by atoms with Gasteiger partial charge in [-0.15, -0.1) is 0 Å². The first kappa shape index (κ1) is 11.7. The van der Waals surface area contributed by atoms with Crippen LogP contribution in [0.4, 0.5) is 5.69 Å². The topological polar surface area (TPSA) is 55.6 Å². The molecule has 4 nitrogen and oxygen atoms in total. The molecule has 0 spiro atoms. The van der Waals surface area contributed by atoms with Crippen molar-refractivity contribution in [3.8, 4) is 0 Å². The number of hydrogen-bond donors (Lipinski definition) is 1. The quantitative estimate of drug-likeness (QED) is 0.860. The van der Waals surface area contributed by atoms with E-state index in [0.29, 0.717) is 6.54 Å². The van der Waals surface area contributed by atoms with Gasteiger partial charge in [0, 0.05) is 17.9 Å². The van der Waals surface area contributed by atoms with Crippen LogP contribution < -0.4 is 10.6 Å². The van der Waals surface area contributed by atoms with E-state index in [4.69, 9.17) is 10.5 Å². The normalized spacial score (nSPS) is 26.8. The zero-order valence-electron chi connectivity index (χ0n) is 10.6. The number of aryl methyl sites for hydroxylation is 1. The Balaban J connectivity index is 1.89. The number of ether oxygens (including phenoxy) is 1. The summed E-state index contributed by atoms with van der Waals surface area (Å²) in [5.41, 5.74) is 9.02. The predicted molar refractivity (Wildman–Crippen MR) is 69.4 cm³/mol. The molecular formula is C14H18N2O2. The van der Waals surface area contributed by atoms with Gasteiger partial charge in [-0.05, 0) is 25.8 Å². The molecule has 2 atom stereocenters. The highest BCUT2D eigenvalue weighted by Gasteiger charge is 2.36. The van der Waals surface area contributed by atoms with Crippen LogP contribution in [-0.4, -0.2) is 25.2 Å². The van der Waals surface area contributed by atoms with Gasteiger partial charge < -0.3 is 15.4 Å². The van der Waals surface area contributed by atoms with E-state index in [9.17, 15) is 4.79 Å². The summed E-state index contributed by atoms with van der Waals surface area (Å²) >= 11 is 0. The molecule has 18 heavy (non-hydrogen) atoms. The molecule has 1 fully saturated rings. The SMILES string of the molecule is Cc1ccc2c(c1)C(N)C(=O)N2CC1CCCO1. The van der Waals surface area contributed by atoms with Gasteiger partial charge in [0.25, 0.3) is 0 Å². The molecule has 4 heteroatoms. The van der Waals surface area contributed by atoms with E-state index in [1.54, 1.807) is 4.90 Å². The number of nitrogens with two attached hydrogens (primary N) is 1. The van der Waals surface area contributed by atoms with Gasteiger partial charge in [-0.2, -0.15) is 0 Å². The van der Waals surface area contributed by atoms with Crippen LogP contribution >= 0.6 is 0 Å². The van der Waals surface area contributed by atoms with Crippen LogP contribution in [0.15, 0.2) is 18.2 Å². The second-order valence-corrected chi connectivity index (χ2v) is 5.12. The summed E-state index contributed by atoms with van der Waals surface area (Å²) in [6, 6.07) is 5.51. The van der Waals surface area contributed by atoms with Crippen LogP contribution in [0.1, 0.15) is 30.0 Å². The fraction of sp³-hybridized carbons (Fsp3) is 0.500. The Morgan fingerprint density at radius 3 is 3.06 bits per heavy atom. The van der Waals surface area contributed by atoms with Crippen LogP contribution in [0.5, 0.6) is 0 Å². The van der Waals surface area contributed by atoms with Crippen molar-refractivity contribution < 1.29 is 9.53 Å². The smallest absolute Gasteiger partial charge is 0.248 e. The molecule has 0 aliphatic carbocycles. The molecule has 0 radical (unpaired) electrons. The fourth-order valence-electron chi connectivity index (χ4n) is 2.77. The third kappa shape index (κ3) is 1.82. The molecule has 0 saturated carbocycles. The zero-order valence-corrected chi connectivity index (χ0v) is 10.6. The summed E-state index contributed by atoms with van der Waals surface area (Å²) in [5.74, 6) is -0.00824. The average molecular weight is 246 g/mol. The number of rotatable bonds is 2. The van der Waals surface area contributed by atoms with Gasteiger partial charge in [0.1, 0.15) is 6.04 Å². The molecule has 1 amide bonds. The summed E-state index contributed by atoms with van der Waals surface area (Å²) in [6.07, 6.45) is 2.27. The first-order valence-electron chi connectivity index (χ1n) is 6.46. The van der Waals surface area contributed by atoms with Gasteiger partial charge in [0.15, 0.2) is 0 Å². The molecule has 3 rings (SSSR count). The molecule has 0 aromatic heterocycles. The minimum absolute atomic E-state index is 0.00824. The molecule has 1 aromatic carbocycles. The maximum absolute atomic E-state index is 12.2. The number of benzene rings is 1. The Hall–Kier alpha value is -1.39. The molecule has 2 heterocycles. The summed E-state index contributed by atoms with van der Waals surface area (Å²) in [4.78, 5) is 14.0. The van der Waals surface area contributed by atoms with Crippen LogP contribution in [0.25, 0.3) is 0 Å². The van der Waals surface area contributed by atoms with Gasteiger partial charge in [0.2, 0.25) is 5.91 Å². The lowest BCUT2D eigenvalue weighted by Gasteiger charge is -2.21. The van der Waals surface area contributed by atoms with Crippen molar-refractivity contribution in [2.75, 3.05) is 18.1 Å². The van der Waals surface area contributed by atoms with Crippen molar-refractivity contribution in [1.82, 2.24) is 0 Å². The summed E-state index contributed by atoms with van der Waals surface area (Å²) in [7, 11) is 0. The molecular weight excluding hydrogens is 228 g/mol. The molecule has 1 saturated heterocycles. The van der Waals surface area contributed by atoms with E-state index >= 15 is 0 Å². The highest BCUT2D eigenvalue weighted by Crippen LogP contribution is 2.35. The Kier molecular flexibility index (Phi) is 2.84. The average Bonchev–Trinajstić information content (AvgIpc) is 2.94. The number of fused-ring (bicyclic) bond motifs is 1. The molecule has 0 bridgehead atoms. The van der Waals surface area contributed by atoms with Crippen molar-refractivity contribution in [2.45, 2.75) is 31.9 Å². The lowest BCUT2D eigenvalue weighted by molar-refractivity contribution is -0.119. The van der Waals surface area contributed by atoms with Crippen molar-refractivity contribution in [1.29, 1.82) is 0 Å². The van der Waals surface area contributed by atoms with Gasteiger partial charge in [-0.3, -0.25) is 4.79 Å². The number of amides is 1. The molecule has 2 aliphatic heterocycles. The highest BCUT2D eigenvalue weighted by atomic mass is 16.5. The number of anilines is 1. The molecule has 2 aliphatic rings. The Labute approximate surface area is 107 Å². The van der Waals surface area contributed by atoms with E-state index < -0.39 is 6.04 Å². The first-order chi connectivity index (χ1) is 8.66. The summed E-state index contributed by atoms with van der Waals surface area (Å²) in [6.45, 7) is 3.45. The minimum Gasteiger partial charge on any atom is -0.376 e. The maximum Gasteiger partial charge on any atom is 0.248 e. The van der Waals surface area contributed by atoms with Crippen molar-refractivity contribution in [3.05, 3.63) is 29.3 Å². The second-order valence-electron chi connectivity index (χ2n) is 5.12. The monoisotopic (exact) mass is 246 g/mol. The van der Waals surface area contributed by atoms with Crippen molar-refractivity contribution >= 4 is 11.6 Å². The van der Waals surface area contributed by atoms with E-state index in [2.05, 4.69) is 0 Å².